The third-order valence-corrected chi connectivity index (χ3v) is 7.31. The molecule has 12 heteroatoms. The highest BCUT2D eigenvalue weighted by Crippen LogP contribution is 2.38. The summed E-state index contributed by atoms with van der Waals surface area (Å²) in [6.45, 7) is 10.8. The topological polar surface area (TPSA) is 132 Å². The van der Waals surface area contributed by atoms with Crippen LogP contribution in [0.4, 0.5) is 10.6 Å². The van der Waals surface area contributed by atoms with Crippen molar-refractivity contribution in [2.24, 2.45) is 11.3 Å². The fourth-order valence-electron chi connectivity index (χ4n) is 4.36. The standard InChI is InChI=1S/C24H37N5O6S/c1-23(2,3)35-22(30)28-36(31,32)27-14-24(4,5)16-8-10-29(11-9-16)21-17-12-19(33-6)20(34-7)13-18(17)25-15-26-21/h12-13,15-16,27H,8-11,14H2,1-7H3,(H,28,30). The van der Waals surface area contributed by atoms with E-state index < -0.39 is 21.9 Å². The van der Waals surface area contributed by atoms with Gasteiger partial charge in [0, 0.05) is 31.1 Å². The first-order valence-electron chi connectivity index (χ1n) is 11.9. The molecule has 0 spiro atoms. The Balaban J connectivity index is 1.64. The van der Waals surface area contributed by atoms with E-state index in [1.807, 2.05) is 30.7 Å². The lowest BCUT2D eigenvalue weighted by atomic mass is 9.74. The third-order valence-electron chi connectivity index (χ3n) is 6.35. The number of nitrogens with zero attached hydrogens (tertiary/aromatic N) is 3. The Kier molecular flexibility index (Phi) is 8.19. The van der Waals surface area contributed by atoms with Gasteiger partial charge in [-0.05, 0) is 51.0 Å². The van der Waals surface area contributed by atoms with Gasteiger partial charge >= 0.3 is 16.3 Å². The van der Waals surface area contributed by atoms with Crippen molar-refractivity contribution in [3.8, 4) is 11.5 Å². The van der Waals surface area contributed by atoms with Crippen molar-refractivity contribution in [3.63, 3.8) is 0 Å². The van der Waals surface area contributed by atoms with Gasteiger partial charge in [0.25, 0.3) is 0 Å². The Morgan fingerprint density at radius 3 is 2.25 bits per heavy atom. The zero-order valence-corrected chi connectivity index (χ0v) is 22.9. The van der Waals surface area contributed by atoms with Crippen LogP contribution in [0.25, 0.3) is 10.9 Å². The molecule has 11 nitrogen and oxygen atoms in total. The van der Waals surface area contributed by atoms with Crippen molar-refractivity contribution in [1.29, 1.82) is 0 Å². The zero-order chi connectivity index (χ0) is 26.7. The lowest BCUT2D eigenvalue weighted by Gasteiger charge is -2.41. The van der Waals surface area contributed by atoms with Crippen LogP contribution in [-0.4, -0.2) is 63.9 Å². The maximum atomic E-state index is 12.4. The predicted molar refractivity (Wildman–Crippen MR) is 138 cm³/mol. The van der Waals surface area contributed by atoms with Gasteiger partial charge in [0.05, 0.1) is 19.7 Å². The molecule has 1 aliphatic rings. The van der Waals surface area contributed by atoms with Crippen molar-refractivity contribution >= 4 is 33.0 Å². The molecule has 2 aromatic rings. The van der Waals surface area contributed by atoms with Crippen LogP contribution in [0.5, 0.6) is 11.5 Å². The molecule has 0 unspecified atom stereocenters. The molecule has 1 saturated heterocycles. The van der Waals surface area contributed by atoms with E-state index in [9.17, 15) is 13.2 Å². The number of carbonyl (C=O) groups is 1. The van der Waals surface area contributed by atoms with Crippen LogP contribution in [0.3, 0.4) is 0 Å². The van der Waals surface area contributed by atoms with Gasteiger partial charge in [0.15, 0.2) is 11.5 Å². The molecule has 200 valence electrons. The maximum Gasteiger partial charge on any atom is 0.422 e. The summed E-state index contributed by atoms with van der Waals surface area (Å²) >= 11 is 0. The number of rotatable bonds is 8. The second-order valence-corrected chi connectivity index (χ2v) is 12.1. The summed E-state index contributed by atoms with van der Waals surface area (Å²) < 4.78 is 45.0. The van der Waals surface area contributed by atoms with E-state index in [1.165, 1.54) is 0 Å². The van der Waals surface area contributed by atoms with Gasteiger partial charge in [0.1, 0.15) is 17.7 Å². The molecular formula is C24H37N5O6S. The van der Waals surface area contributed by atoms with Gasteiger partial charge in [-0.1, -0.05) is 13.8 Å². The largest absolute Gasteiger partial charge is 0.493 e. The number of benzene rings is 1. The van der Waals surface area contributed by atoms with Crippen LogP contribution in [0.1, 0.15) is 47.5 Å². The van der Waals surface area contributed by atoms with Crippen LogP contribution in [0.15, 0.2) is 18.5 Å². The summed E-state index contributed by atoms with van der Waals surface area (Å²) in [6, 6.07) is 3.73. The van der Waals surface area contributed by atoms with Crippen molar-refractivity contribution in [3.05, 3.63) is 18.5 Å². The molecule has 1 aromatic carbocycles. The molecular weight excluding hydrogens is 486 g/mol. The molecule has 2 N–H and O–H groups in total. The normalized spacial score (nSPS) is 15.6. The van der Waals surface area contributed by atoms with Crippen LogP contribution in [0.2, 0.25) is 0 Å². The van der Waals surface area contributed by atoms with Crippen molar-refractivity contribution in [2.45, 2.75) is 53.1 Å². The van der Waals surface area contributed by atoms with E-state index in [-0.39, 0.29) is 17.9 Å². The highest BCUT2D eigenvalue weighted by Gasteiger charge is 2.34. The Morgan fingerprint density at radius 2 is 1.67 bits per heavy atom. The van der Waals surface area contributed by atoms with Gasteiger partial charge in [-0.3, -0.25) is 0 Å². The molecule has 0 radical (unpaired) electrons. The van der Waals surface area contributed by atoms with Gasteiger partial charge < -0.3 is 19.1 Å². The minimum absolute atomic E-state index is 0.184. The lowest BCUT2D eigenvalue weighted by Crippen LogP contribution is -2.48. The van der Waals surface area contributed by atoms with E-state index in [0.717, 1.165) is 42.7 Å². The zero-order valence-electron chi connectivity index (χ0n) is 22.0. The number of piperidine rings is 1. The quantitative estimate of drug-likeness (QED) is 0.535. The summed E-state index contributed by atoms with van der Waals surface area (Å²) in [5, 5.41) is 0.883. The van der Waals surface area contributed by atoms with E-state index in [1.54, 1.807) is 41.3 Å². The second kappa shape index (κ2) is 10.6. The van der Waals surface area contributed by atoms with E-state index >= 15 is 0 Å². The number of aromatic nitrogens is 2. The number of carbonyl (C=O) groups excluding carboxylic acids is 1. The molecule has 3 rings (SSSR count). The summed E-state index contributed by atoms with van der Waals surface area (Å²) in [4.78, 5) is 23.0. The monoisotopic (exact) mass is 523 g/mol. The van der Waals surface area contributed by atoms with Crippen molar-refractivity contribution < 1.29 is 27.4 Å². The summed E-state index contributed by atoms with van der Waals surface area (Å²) in [7, 11) is -0.855. The van der Waals surface area contributed by atoms with Gasteiger partial charge in [-0.15, -0.1) is 0 Å². The molecule has 1 aromatic heterocycles. The third kappa shape index (κ3) is 6.88. The SMILES string of the molecule is COc1cc2ncnc(N3CCC(C(C)(C)CNS(=O)(=O)NC(=O)OC(C)(C)C)CC3)c2cc1OC. The number of ether oxygens (including phenoxy) is 3. The summed E-state index contributed by atoms with van der Waals surface area (Å²) in [5.41, 5.74) is -0.356. The number of hydrogen-bond acceptors (Lipinski definition) is 9. The first kappa shape index (κ1) is 27.7. The fourth-order valence-corrected chi connectivity index (χ4v) is 5.26. The fraction of sp³-hybridized carbons (Fsp3) is 0.625. The van der Waals surface area contributed by atoms with Crippen LogP contribution >= 0.6 is 0 Å². The van der Waals surface area contributed by atoms with Gasteiger partial charge in [-0.25, -0.2) is 19.5 Å². The molecule has 0 saturated carbocycles. The predicted octanol–water partition coefficient (Wildman–Crippen LogP) is 3.25. The number of methoxy groups -OCH3 is 2. The Morgan fingerprint density at radius 1 is 1.06 bits per heavy atom. The highest BCUT2D eigenvalue weighted by molar-refractivity contribution is 7.88. The minimum atomic E-state index is -4.04. The molecule has 0 atom stereocenters. The first-order chi connectivity index (χ1) is 16.7. The first-order valence-corrected chi connectivity index (χ1v) is 13.3. The van der Waals surface area contributed by atoms with Gasteiger partial charge in [0.2, 0.25) is 0 Å². The van der Waals surface area contributed by atoms with Crippen LogP contribution in [-0.2, 0) is 14.9 Å². The smallest absolute Gasteiger partial charge is 0.422 e. The Hall–Kier alpha value is -2.86. The number of hydrogen-bond donors (Lipinski definition) is 2. The lowest BCUT2D eigenvalue weighted by molar-refractivity contribution is 0.0569. The molecule has 1 fully saturated rings. The molecule has 0 aliphatic carbocycles. The average Bonchev–Trinajstić information content (AvgIpc) is 2.80. The van der Waals surface area contributed by atoms with Crippen molar-refractivity contribution in [1.82, 2.24) is 19.4 Å². The molecule has 0 bridgehead atoms. The molecule has 36 heavy (non-hydrogen) atoms. The highest BCUT2D eigenvalue weighted by atomic mass is 32.2. The molecule has 1 aliphatic heterocycles. The second-order valence-electron chi connectivity index (χ2n) is 10.6. The van der Waals surface area contributed by atoms with E-state index in [0.29, 0.717) is 11.5 Å². The Bertz CT molecular complexity index is 1190. The van der Waals surface area contributed by atoms with Gasteiger partial charge in [-0.2, -0.15) is 13.1 Å². The van der Waals surface area contributed by atoms with Crippen molar-refractivity contribution in [2.75, 3.05) is 38.8 Å². The molecule has 2 heterocycles. The van der Waals surface area contributed by atoms with E-state index in [4.69, 9.17) is 14.2 Å². The summed E-state index contributed by atoms with van der Waals surface area (Å²) in [6.07, 6.45) is 2.25. The number of nitrogens with one attached hydrogen (secondary N) is 2. The van der Waals surface area contributed by atoms with E-state index in [2.05, 4.69) is 19.6 Å². The molecule has 1 amide bonds. The summed E-state index contributed by atoms with van der Waals surface area (Å²) in [5.74, 6) is 2.32. The number of anilines is 1. The number of amides is 1. The maximum absolute atomic E-state index is 12.4. The Labute approximate surface area is 213 Å². The number of fused-ring (bicyclic) bond motifs is 1. The minimum Gasteiger partial charge on any atom is -0.493 e. The average molecular weight is 524 g/mol. The van der Waals surface area contributed by atoms with Crippen LogP contribution < -0.4 is 23.8 Å². The van der Waals surface area contributed by atoms with Crippen LogP contribution in [0, 0.1) is 11.3 Å².